The van der Waals surface area contributed by atoms with Crippen LogP contribution in [0.2, 0.25) is 0 Å². The molecule has 1 saturated carbocycles. The SMILES string of the molecule is CCNCc1ccc(OCC2CCCCC2)c([N+](=O)[O-])c1. The zero-order valence-corrected chi connectivity index (χ0v) is 12.6. The van der Waals surface area contributed by atoms with Crippen LogP contribution in [0.25, 0.3) is 0 Å². The standard InChI is InChI=1S/C16H24N2O3/c1-2-17-11-14-8-9-16(15(10-14)18(19)20)21-12-13-6-4-3-5-7-13/h8-10,13,17H,2-7,11-12H2,1H3. The maximum Gasteiger partial charge on any atom is 0.311 e. The number of nitrogens with zero attached hydrogens (tertiary/aromatic N) is 1. The lowest BCUT2D eigenvalue weighted by atomic mass is 9.90. The molecule has 0 unspecified atom stereocenters. The van der Waals surface area contributed by atoms with Crippen LogP contribution in [0.1, 0.15) is 44.6 Å². The van der Waals surface area contributed by atoms with E-state index in [1.54, 1.807) is 12.1 Å². The Labute approximate surface area is 125 Å². The highest BCUT2D eigenvalue weighted by Gasteiger charge is 2.19. The Morgan fingerprint density at radius 1 is 1.33 bits per heavy atom. The monoisotopic (exact) mass is 292 g/mol. The van der Waals surface area contributed by atoms with Crippen molar-refractivity contribution in [2.75, 3.05) is 13.2 Å². The van der Waals surface area contributed by atoms with Gasteiger partial charge in [0.25, 0.3) is 0 Å². The summed E-state index contributed by atoms with van der Waals surface area (Å²) in [5.74, 6) is 0.936. The fourth-order valence-corrected chi connectivity index (χ4v) is 2.77. The van der Waals surface area contributed by atoms with Crippen molar-refractivity contribution in [3.05, 3.63) is 33.9 Å². The fraction of sp³-hybridized carbons (Fsp3) is 0.625. The molecule has 1 fully saturated rings. The summed E-state index contributed by atoms with van der Waals surface area (Å²) < 4.78 is 5.74. The van der Waals surface area contributed by atoms with Gasteiger partial charge in [-0.25, -0.2) is 0 Å². The normalized spacial score (nSPS) is 15.9. The van der Waals surface area contributed by atoms with E-state index in [1.807, 2.05) is 13.0 Å². The number of rotatable bonds is 7. The van der Waals surface area contributed by atoms with Gasteiger partial charge in [-0.1, -0.05) is 32.3 Å². The van der Waals surface area contributed by atoms with Crippen molar-refractivity contribution in [3.63, 3.8) is 0 Å². The van der Waals surface area contributed by atoms with Crippen LogP contribution in [0, 0.1) is 16.0 Å². The van der Waals surface area contributed by atoms with E-state index >= 15 is 0 Å². The first-order chi connectivity index (χ1) is 10.2. The second-order valence-electron chi connectivity index (χ2n) is 5.65. The van der Waals surface area contributed by atoms with Gasteiger partial charge >= 0.3 is 5.69 Å². The van der Waals surface area contributed by atoms with E-state index in [0.717, 1.165) is 12.1 Å². The third kappa shape index (κ3) is 4.70. The summed E-state index contributed by atoms with van der Waals surface area (Å²) in [6.45, 7) is 4.08. The van der Waals surface area contributed by atoms with E-state index < -0.39 is 0 Å². The van der Waals surface area contributed by atoms with E-state index in [0.29, 0.717) is 24.8 Å². The lowest BCUT2D eigenvalue weighted by molar-refractivity contribution is -0.386. The third-order valence-electron chi connectivity index (χ3n) is 4.00. The van der Waals surface area contributed by atoms with Crippen molar-refractivity contribution in [2.24, 2.45) is 5.92 Å². The van der Waals surface area contributed by atoms with Gasteiger partial charge in [-0.3, -0.25) is 10.1 Å². The first-order valence-corrected chi connectivity index (χ1v) is 7.81. The topological polar surface area (TPSA) is 64.4 Å². The van der Waals surface area contributed by atoms with Crippen LogP contribution < -0.4 is 10.1 Å². The second-order valence-corrected chi connectivity index (χ2v) is 5.65. The molecule has 21 heavy (non-hydrogen) atoms. The summed E-state index contributed by atoms with van der Waals surface area (Å²) in [7, 11) is 0. The highest BCUT2D eigenvalue weighted by molar-refractivity contribution is 5.48. The van der Waals surface area contributed by atoms with Crippen molar-refractivity contribution < 1.29 is 9.66 Å². The van der Waals surface area contributed by atoms with Crippen LogP contribution in [0.3, 0.4) is 0 Å². The Kier molecular flexibility index (Phi) is 5.99. The Balaban J connectivity index is 2.01. The molecule has 0 saturated heterocycles. The van der Waals surface area contributed by atoms with Gasteiger partial charge in [-0.05, 0) is 36.9 Å². The van der Waals surface area contributed by atoms with Crippen molar-refractivity contribution in [2.45, 2.75) is 45.6 Å². The van der Waals surface area contributed by atoms with Gasteiger partial charge in [-0.2, -0.15) is 0 Å². The maximum atomic E-state index is 11.2. The molecule has 1 aromatic carbocycles. The number of benzene rings is 1. The first kappa shape index (κ1) is 15.8. The van der Waals surface area contributed by atoms with E-state index in [4.69, 9.17) is 4.74 Å². The molecule has 116 valence electrons. The average molecular weight is 292 g/mol. The molecule has 0 aromatic heterocycles. The summed E-state index contributed by atoms with van der Waals surface area (Å²) in [5.41, 5.74) is 0.981. The number of hydrogen-bond acceptors (Lipinski definition) is 4. The molecule has 0 radical (unpaired) electrons. The molecule has 1 aromatic rings. The smallest absolute Gasteiger partial charge is 0.311 e. The molecule has 0 atom stereocenters. The van der Waals surface area contributed by atoms with Crippen LogP contribution in [0.4, 0.5) is 5.69 Å². The van der Waals surface area contributed by atoms with E-state index in [-0.39, 0.29) is 10.6 Å². The predicted molar refractivity (Wildman–Crippen MR) is 82.5 cm³/mol. The minimum absolute atomic E-state index is 0.0706. The first-order valence-electron chi connectivity index (χ1n) is 7.81. The summed E-state index contributed by atoms with van der Waals surface area (Å²) >= 11 is 0. The van der Waals surface area contributed by atoms with Crippen molar-refractivity contribution in [3.8, 4) is 5.75 Å². The Hall–Kier alpha value is -1.62. The molecule has 2 rings (SSSR count). The third-order valence-corrected chi connectivity index (χ3v) is 4.00. The van der Waals surface area contributed by atoms with Crippen LogP contribution in [-0.2, 0) is 6.54 Å². The molecule has 0 heterocycles. The van der Waals surface area contributed by atoms with Crippen LogP contribution in [-0.4, -0.2) is 18.1 Å². The molecule has 1 aliphatic rings. The van der Waals surface area contributed by atoms with Gasteiger partial charge < -0.3 is 10.1 Å². The molecule has 0 spiro atoms. The second kappa shape index (κ2) is 7.98. The summed E-state index contributed by atoms with van der Waals surface area (Å²) in [4.78, 5) is 10.8. The molecule has 1 N–H and O–H groups in total. The van der Waals surface area contributed by atoms with Crippen molar-refractivity contribution >= 4 is 5.69 Å². The predicted octanol–water partition coefficient (Wildman–Crippen LogP) is 3.66. The number of nitro benzene ring substituents is 1. The zero-order chi connectivity index (χ0) is 15.1. The van der Waals surface area contributed by atoms with Gasteiger partial charge in [0.1, 0.15) is 0 Å². The van der Waals surface area contributed by atoms with Gasteiger partial charge in [0.05, 0.1) is 11.5 Å². The van der Waals surface area contributed by atoms with Gasteiger partial charge in [0.15, 0.2) is 5.75 Å². The lowest BCUT2D eigenvalue weighted by Gasteiger charge is -2.21. The zero-order valence-electron chi connectivity index (χ0n) is 12.6. The molecule has 0 aliphatic heterocycles. The summed E-state index contributed by atoms with van der Waals surface area (Å²) in [6, 6.07) is 5.23. The van der Waals surface area contributed by atoms with Gasteiger partial charge in [-0.15, -0.1) is 0 Å². The Morgan fingerprint density at radius 2 is 2.10 bits per heavy atom. The molecule has 0 amide bonds. The Morgan fingerprint density at radius 3 is 2.76 bits per heavy atom. The van der Waals surface area contributed by atoms with Gasteiger partial charge in [0, 0.05) is 12.6 Å². The summed E-state index contributed by atoms with van der Waals surface area (Å²) in [6.07, 6.45) is 6.14. The van der Waals surface area contributed by atoms with Crippen molar-refractivity contribution in [1.29, 1.82) is 0 Å². The quantitative estimate of drug-likeness (QED) is 0.615. The highest BCUT2D eigenvalue weighted by Crippen LogP contribution is 2.30. The molecule has 0 bridgehead atoms. The average Bonchev–Trinajstić information content (AvgIpc) is 2.52. The summed E-state index contributed by atoms with van der Waals surface area (Å²) in [5, 5.41) is 14.4. The lowest BCUT2D eigenvalue weighted by Crippen LogP contribution is -2.16. The minimum Gasteiger partial charge on any atom is -0.487 e. The van der Waals surface area contributed by atoms with Crippen LogP contribution >= 0.6 is 0 Å². The van der Waals surface area contributed by atoms with Crippen LogP contribution in [0.5, 0.6) is 5.75 Å². The molecule has 1 aliphatic carbocycles. The fourth-order valence-electron chi connectivity index (χ4n) is 2.77. The van der Waals surface area contributed by atoms with Crippen LogP contribution in [0.15, 0.2) is 18.2 Å². The molecule has 5 heteroatoms. The van der Waals surface area contributed by atoms with E-state index in [9.17, 15) is 10.1 Å². The highest BCUT2D eigenvalue weighted by atomic mass is 16.6. The Bertz CT molecular complexity index is 471. The number of ether oxygens (including phenoxy) is 1. The number of nitrogens with one attached hydrogen (secondary N) is 1. The molecule has 5 nitrogen and oxygen atoms in total. The van der Waals surface area contributed by atoms with Crippen molar-refractivity contribution in [1.82, 2.24) is 5.32 Å². The number of hydrogen-bond donors (Lipinski definition) is 1. The van der Waals surface area contributed by atoms with E-state index in [2.05, 4.69) is 5.32 Å². The van der Waals surface area contributed by atoms with Gasteiger partial charge in [0.2, 0.25) is 0 Å². The minimum atomic E-state index is -0.356. The maximum absolute atomic E-state index is 11.2. The largest absolute Gasteiger partial charge is 0.487 e. The van der Waals surface area contributed by atoms with E-state index in [1.165, 1.54) is 32.1 Å². The molecular weight excluding hydrogens is 268 g/mol. The number of nitro groups is 1. The molecular formula is C16H24N2O3.